The topological polar surface area (TPSA) is 17.8 Å². The summed E-state index contributed by atoms with van der Waals surface area (Å²) in [6, 6.07) is 53.7. The van der Waals surface area contributed by atoms with E-state index in [4.69, 9.17) is 11.4 Å². The second kappa shape index (κ2) is 12.4. The average Bonchev–Trinajstić information content (AvgIpc) is 3.54. The largest absolute Gasteiger partial charge is 0.292 e. The van der Waals surface area contributed by atoms with Gasteiger partial charge in [0.15, 0.2) is 0 Å². The van der Waals surface area contributed by atoms with Crippen molar-refractivity contribution in [2.75, 3.05) is 0 Å². The monoisotopic (exact) mass is 612 g/mol. The summed E-state index contributed by atoms with van der Waals surface area (Å²) in [5, 5.41) is 4.70. The van der Waals surface area contributed by atoms with Crippen molar-refractivity contribution in [2.24, 2.45) is 0 Å². The maximum absolute atomic E-state index is 5.88. The number of benzene rings is 7. The third-order valence-electron chi connectivity index (χ3n) is 9.01. The van der Waals surface area contributed by atoms with Crippen molar-refractivity contribution >= 4 is 38.2 Å². The Morgan fingerprint density at radius 1 is 0.604 bits per heavy atom. The number of hydrogen-bond donors (Lipinski definition) is 0. The number of rotatable bonds is 6. The summed E-state index contributed by atoms with van der Waals surface area (Å²) in [6.07, 6.45) is 11.9. The Morgan fingerprint density at radius 3 is 1.96 bits per heavy atom. The molecule has 0 N–H and O–H groups in total. The van der Waals surface area contributed by atoms with E-state index >= 15 is 0 Å². The first-order valence-electron chi connectivity index (χ1n) is 16.2. The number of fused-ring (bicyclic) bond motifs is 3. The summed E-state index contributed by atoms with van der Waals surface area (Å²) in [5.74, 6) is 3.72. The van der Waals surface area contributed by atoms with Crippen LogP contribution in [0.15, 0.2) is 170 Å². The van der Waals surface area contributed by atoms with Crippen LogP contribution < -0.4 is 0 Å². The molecule has 48 heavy (non-hydrogen) atoms. The quantitative estimate of drug-likeness (QED) is 0.104. The van der Waals surface area contributed by atoms with E-state index in [1.807, 2.05) is 25.1 Å². The molecule has 8 aromatic rings. The van der Waals surface area contributed by atoms with Crippen molar-refractivity contribution < 1.29 is 0 Å². The highest BCUT2D eigenvalue weighted by Gasteiger charge is 2.19. The minimum Gasteiger partial charge on any atom is -0.292 e. The molecule has 2 heteroatoms. The average molecular weight is 613 g/mol. The molecule has 0 radical (unpaired) electrons. The van der Waals surface area contributed by atoms with Gasteiger partial charge in [0.25, 0.3) is 0 Å². The Bertz CT molecular complexity index is 2540. The van der Waals surface area contributed by atoms with E-state index in [0.29, 0.717) is 0 Å². The second-order valence-electron chi connectivity index (χ2n) is 11.9. The van der Waals surface area contributed by atoms with Gasteiger partial charge in [-0.3, -0.25) is 4.57 Å². The van der Waals surface area contributed by atoms with Gasteiger partial charge in [-0.15, -0.1) is 6.42 Å². The first-order chi connectivity index (χ1) is 23.7. The van der Waals surface area contributed by atoms with Crippen molar-refractivity contribution in [1.29, 1.82) is 0 Å². The zero-order valence-corrected chi connectivity index (χ0v) is 26.6. The number of allylic oxidation sites excluding steroid dienone is 4. The smallest absolute Gasteiger partial charge is 0.145 e. The highest BCUT2D eigenvalue weighted by atomic mass is 15.1. The lowest BCUT2D eigenvalue weighted by molar-refractivity contribution is 1.10. The van der Waals surface area contributed by atoms with Crippen molar-refractivity contribution in [3.63, 3.8) is 0 Å². The molecule has 1 aromatic heterocycles. The molecule has 7 aromatic carbocycles. The number of nitrogens with zero attached hydrogens (tertiary/aromatic N) is 2. The van der Waals surface area contributed by atoms with Crippen LogP contribution in [0.2, 0.25) is 0 Å². The van der Waals surface area contributed by atoms with Gasteiger partial charge in [0.1, 0.15) is 5.82 Å². The van der Waals surface area contributed by atoms with E-state index in [2.05, 4.69) is 162 Å². The Hall–Kier alpha value is -6.43. The zero-order chi connectivity index (χ0) is 32.5. The van der Waals surface area contributed by atoms with Crippen LogP contribution in [0.5, 0.6) is 0 Å². The molecule has 8 rings (SSSR count). The first-order valence-corrected chi connectivity index (χ1v) is 16.2. The maximum atomic E-state index is 5.88. The van der Waals surface area contributed by atoms with Crippen LogP contribution in [0.3, 0.4) is 0 Å². The van der Waals surface area contributed by atoms with E-state index in [9.17, 15) is 0 Å². The fourth-order valence-electron chi connectivity index (χ4n) is 6.93. The van der Waals surface area contributed by atoms with Gasteiger partial charge < -0.3 is 0 Å². The van der Waals surface area contributed by atoms with Crippen LogP contribution in [0.25, 0.3) is 77.5 Å². The number of para-hydroxylation sites is 2. The van der Waals surface area contributed by atoms with E-state index in [1.165, 1.54) is 38.2 Å². The molecule has 2 nitrogen and oxygen atoms in total. The van der Waals surface area contributed by atoms with Gasteiger partial charge >= 0.3 is 0 Å². The summed E-state index contributed by atoms with van der Waals surface area (Å²) in [6.45, 7) is 2.03. The highest BCUT2D eigenvalue weighted by Crippen LogP contribution is 2.44. The van der Waals surface area contributed by atoms with Crippen molar-refractivity contribution in [3.8, 4) is 51.7 Å². The number of aromatic nitrogens is 2. The molecule has 226 valence electrons. The molecular formula is C46H32N2. The summed E-state index contributed by atoms with van der Waals surface area (Å²) in [5.41, 5.74) is 11.1. The fourth-order valence-corrected chi connectivity index (χ4v) is 6.93. The normalized spacial score (nSPS) is 11.9. The maximum Gasteiger partial charge on any atom is 0.145 e. The lowest BCUT2D eigenvalue weighted by atomic mass is 9.84. The lowest BCUT2D eigenvalue weighted by Gasteiger charge is -2.19. The van der Waals surface area contributed by atoms with Gasteiger partial charge in [-0.2, -0.15) is 0 Å². The molecule has 0 spiro atoms. The van der Waals surface area contributed by atoms with Gasteiger partial charge in [-0.25, -0.2) is 4.98 Å². The van der Waals surface area contributed by atoms with Crippen LogP contribution in [-0.4, -0.2) is 9.55 Å². The third-order valence-corrected chi connectivity index (χ3v) is 9.01. The van der Waals surface area contributed by atoms with Gasteiger partial charge in [0.2, 0.25) is 0 Å². The molecule has 0 fully saturated rings. The molecule has 0 amide bonds. The van der Waals surface area contributed by atoms with Crippen molar-refractivity contribution in [3.05, 3.63) is 175 Å². The highest BCUT2D eigenvalue weighted by molar-refractivity contribution is 6.20. The Labute approximate surface area is 281 Å². The molecule has 1 heterocycles. The summed E-state index contributed by atoms with van der Waals surface area (Å²) in [4.78, 5) is 5.05. The molecule has 0 aliphatic carbocycles. The summed E-state index contributed by atoms with van der Waals surface area (Å²) < 4.78 is 2.26. The molecule has 0 aliphatic heterocycles. The van der Waals surface area contributed by atoms with Crippen LogP contribution >= 0.6 is 0 Å². The van der Waals surface area contributed by atoms with E-state index in [1.54, 1.807) is 0 Å². The molecular weight excluding hydrogens is 581 g/mol. The predicted molar refractivity (Wildman–Crippen MR) is 204 cm³/mol. The summed E-state index contributed by atoms with van der Waals surface area (Å²) in [7, 11) is 0. The molecule has 0 bridgehead atoms. The van der Waals surface area contributed by atoms with Gasteiger partial charge in [-0.05, 0) is 98.3 Å². The SMILES string of the molecule is C#C/C=C(\C=C/C)c1c2ccccc2c(-c2ccc(-n3c(-c4ccccc4)nc4ccccc43)cc2)c2cc(-c3ccccc3)ccc12. The predicted octanol–water partition coefficient (Wildman–Crippen LogP) is 11.9. The Kier molecular flexibility index (Phi) is 7.49. The van der Waals surface area contributed by atoms with Gasteiger partial charge in [0.05, 0.1) is 11.0 Å². The van der Waals surface area contributed by atoms with Crippen LogP contribution in [0.1, 0.15) is 12.5 Å². The van der Waals surface area contributed by atoms with Crippen molar-refractivity contribution in [2.45, 2.75) is 6.92 Å². The first kappa shape index (κ1) is 29.0. The minimum absolute atomic E-state index is 0.925. The minimum atomic E-state index is 0.925. The lowest BCUT2D eigenvalue weighted by Crippen LogP contribution is -1.98. The van der Waals surface area contributed by atoms with Gasteiger partial charge in [-0.1, -0.05) is 139 Å². The van der Waals surface area contributed by atoms with Crippen molar-refractivity contribution in [1.82, 2.24) is 9.55 Å². The second-order valence-corrected chi connectivity index (χ2v) is 11.9. The molecule has 0 saturated carbocycles. The van der Waals surface area contributed by atoms with Crippen LogP contribution in [-0.2, 0) is 0 Å². The standard InChI is InChI=1S/C46H32N2/c1-3-15-33(16-4-2)44-38-21-11-12-22-39(38)45(41-31-36(27-30-40(41)44)32-17-7-5-8-18-32)34-25-28-37(29-26-34)48-43-24-14-13-23-42(43)47-46(48)35-19-9-6-10-20-35/h1,4-31H,2H3/b16-4-,33-15+. The Morgan fingerprint density at radius 2 is 1.23 bits per heavy atom. The van der Waals surface area contributed by atoms with Gasteiger partial charge in [0, 0.05) is 11.3 Å². The Balaban J connectivity index is 1.39. The molecule has 0 saturated heterocycles. The number of hydrogen-bond acceptors (Lipinski definition) is 1. The number of terminal acetylenes is 1. The molecule has 0 aliphatic rings. The van der Waals surface area contributed by atoms with Crippen LogP contribution in [0.4, 0.5) is 0 Å². The van der Waals surface area contributed by atoms with E-state index in [-0.39, 0.29) is 0 Å². The zero-order valence-electron chi connectivity index (χ0n) is 26.6. The van der Waals surface area contributed by atoms with E-state index < -0.39 is 0 Å². The fraction of sp³-hybridized carbons (Fsp3) is 0.0217. The van der Waals surface area contributed by atoms with Crippen LogP contribution in [0, 0.1) is 12.3 Å². The number of imidazole rings is 1. The molecule has 0 unspecified atom stereocenters. The molecule has 0 atom stereocenters. The summed E-state index contributed by atoms with van der Waals surface area (Å²) >= 11 is 0. The third kappa shape index (κ3) is 4.99. The van der Waals surface area contributed by atoms with E-state index in [0.717, 1.165) is 44.8 Å².